The topological polar surface area (TPSA) is 68.2 Å². The molecule has 1 aliphatic heterocycles. The molecule has 2 fully saturated rings. The van der Waals surface area contributed by atoms with Crippen LogP contribution in [0.1, 0.15) is 25.7 Å². The van der Waals surface area contributed by atoms with Crippen molar-refractivity contribution in [1.29, 1.82) is 0 Å². The number of ether oxygens (including phenoxy) is 3. The van der Waals surface area contributed by atoms with Crippen LogP contribution in [0.2, 0.25) is 0 Å². The van der Waals surface area contributed by atoms with E-state index in [1.54, 1.807) is 0 Å². The van der Waals surface area contributed by atoms with Crippen LogP contribution in [0.4, 0.5) is 0 Å². The minimum absolute atomic E-state index is 0.152. The summed E-state index contributed by atoms with van der Waals surface area (Å²) in [6, 6.07) is 0. The first-order chi connectivity index (χ1) is 7.74. The summed E-state index contributed by atoms with van der Waals surface area (Å²) in [5, 5.41) is 17.8. The van der Waals surface area contributed by atoms with Gasteiger partial charge >= 0.3 is 0 Å². The molecular weight excluding hydrogens is 212 g/mol. The SMILES string of the molecule is OCC(O)COC1CCC2(CC1)OCCO2. The molecular formula is C11H20O5. The monoisotopic (exact) mass is 232 g/mol. The molecule has 2 aliphatic rings. The van der Waals surface area contributed by atoms with Gasteiger partial charge in [-0.1, -0.05) is 0 Å². The molecule has 2 N–H and O–H groups in total. The van der Waals surface area contributed by atoms with Crippen molar-refractivity contribution in [2.75, 3.05) is 26.4 Å². The van der Waals surface area contributed by atoms with Gasteiger partial charge in [0, 0.05) is 12.8 Å². The lowest BCUT2D eigenvalue weighted by Gasteiger charge is -2.35. The average molecular weight is 232 g/mol. The van der Waals surface area contributed by atoms with Crippen molar-refractivity contribution in [1.82, 2.24) is 0 Å². The summed E-state index contributed by atoms with van der Waals surface area (Å²) in [5.74, 6) is -0.352. The van der Waals surface area contributed by atoms with Gasteiger partial charge in [-0.25, -0.2) is 0 Å². The van der Waals surface area contributed by atoms with Gasteiger partial charge in [-0.05, 0) is 12.8 Å². The number of rotatable bonds is 4. The molecule has 1 atom stereocenters. The quantitative estimate of drug-likeness (QED) is 0.716. The van der Waals surface area contributed by atoms with Gasteiger partial charge in [-0.2, -0.15) is 0 Å². The second kappa shape index (κ2) is 5.42. The van der Waals surface area contributed by atoms with E-state index in [1.807, 2.05) is 0 Å². The molecule has 0 aromatic heterocycles. The Labute approximate surface area is 95.3 Å². The molecule has 1 unspecified atom stereocenters. The van der Waals surface area contributed by atoms with E-state index in [1.165, 1.54) is 0 Å². The zero-order valence-corrected chi connectivity index (χ0v) is 9.43. The molecule has 1 saturated carbocycles. The summed E-state index contributed by atoms with van der Waals surface area (Å²) >= 11 is 0. The van der Waals surface area contributed by atoms with E-state index in [9.17, 15) is 0 Å². The highest BCUT2D eigenvalue weighted by Crippen LogP contribution is 2.36. The van der Waals surface area contributed by atoms with Gasteiger partial charge in [0.25, 0.3) is 0 Å². The van der Waals surface area contributed by atoms with Crippen molar-refractivity contribution < 1.29 is 24.4 Å². The molecule has 1 aliphatic carbocycles. The van der Waals surface area contributed by atoms with Crippen molar-refractivity contribution in [3.63, 3.8) is 0 Å². The minimum Gasteiger partial charge on any atom is -0.394 e. The van der Waals surface area contributed by atoms with Crippen molar-refractivity contribution in [2.24, 2.45) is 0 Å². The molecule has 0 aromatic carbocycles. The predicted molar refractivity (Wildman–Crippen MR) is 55.9 cm³/mol. The summed E-state index contributed by atoms with van der Waals surface area (Å²) in [4.78, 5) is 0. The zero-order chi connectivity index (χ0) is 11.4. The van der Waals surface area contributed by atoms with E-state index in [2.05, 4.69) is 0 Å². The summed E-state index contributed by atoms with van der Waals surface area (Å²) < 4.78 is 16.7. The van der Waals surface area contributed by atoms with E-state index in [0.29, 0.717) is 13.2 Å². The van der Waals surface area contributed by atoms with Crippen LogP contribution >= 0.6 is 0 Å². The molecule has 5 heteroatoms. The molecule has 2 rings (SSSR count). The van der Waals surface area contributed by atoms with E-state index in [4.69, 9.17) is 24.4 Å². The van der Waals surface area contributed by atoms with Crippen molar-refractivity contribution in [2.45, 2.75) is 43.7 Å². The normalized spacial score (nSPS) is 27.4. The maximum Gasteiger partial charge on any atom is 0.168 e. The summed E-state index contributed by atoms with van der Waals surface area (Å²) in [7, 11) is 0. The molecule has 16 heavy (non-hydrogen) atoms. The molecule has 94 valence electrons. The van der Waals surface area contributed by atoms with Crippen LogP contribution in [0.3, 0.4) is 0 Å². The smallest absolute Gasteiger partial charge is 0.168 e. The Morgan fingerprint density at radius 3 is 2.44 bits per heavy atom. The molecule has 1 saturated heterocycles. The van der Waals surface area contributed by atoms with Gasteiger partial charge in [0.2, 0.25) is 0 Å². The Hall–Kier alpha value is -0.200. The number of hydrogen-bond acceptors (Lipinski definition) is 5. The van der Waals surface area contributed by atoms with Crippen LogP contribution in [0.15, 0.2) is 0 Å². The van der Waals surface area contributed by atoms with Crippen LogP contribution < -0.4 is 0 Å². The van der Waals surface area contributed by atoms with Crippen LogP contribution in [0, 0.1) is 0 Å². The van der Waals surface area contributed by atoms with Crippen LogP contribution in [0.25, 0.3) is 0 Å². The van der Waals surface area contributed by atoms with Gasteiger partial charge < -0.3 is 24.4 Å². The highest BCUT2D eigenvalue weighted by atomic mass is 16.7. The Balaban J connectivity index is 1.69. The number of aliphatic hydroxyl groups excluding tert-OH is 2. The van der Waals surface area contributed by atoms with Crippen molar-refractivity contribution >= 4 is 0 Å². The lowest BCUT2D eigenvalue weighted by molar-refractivity contribution is -0.193. The van der Waals surface area contributed by atoms with Crippen molar-refractivity contribution in [3.05, 3.63) is 0 Å². The Kier molecular flexibility index (Phi) is 4.16. The number of aliphatic hydroxyl groups is 2. The number of hydrogen-bond donors (Lipinski definition) is 2. The third-order valence-corrected chi connectivity index (χ3v) is 3.24. The van der Waals surface area contributed by atoms with Crippen molar-refractivity contribution in [3.8, 4) is 0 Å². The summed E-state index contributed by atoms with van der Waals surface area (Å²) in [6.45, 7) is 1.34. The predicted octanol–water partition coefficient (Wildman–Crippen LogP) is 0.0419. The largest absolute Gasteiger partial charge is 0.394 e. The van der Waals surface area contributed by atoms with Gasteiger partial charge in [0.1, 0.15) is 6.10 Å². The fourth-order valence-corrected chi connectivity index (χ4v) is 2.28. The lowest BCUT2D eigenvalue weighted by atomic mass is 9.92. The van der Waals surface area contributed by atoms with E-state index >= 15 is 0 Å². The average Bonchev–Trinajstić information content (AvgIpc) is 2.77. The van der Waals surface area contributed by atoms with Crippen LogP contribution in [-0.4, -0.2) is 54.6 Å². The van der Waals surface area contributed by atoms with E-state index < -0.39 is 6.10 Å². The fraction of sp³-hybridized carbons (Fsp3) is 1.00. The van der Waals surface area contributed by atoms with Gasteiger partial charge in [-0.3, -0.25) is 0 Å². The molecule has 0 aromatic rings. The van der Waals surface area contributed by atoms with Gasteiger partial charge in [0.05, 0.1) is 32.5 Å². The van der Waals surface area contributed by atoms with Crippen LogP contribution in [0.5, 0.6) is 0 Å². The second-order valence-electron chi connectivity index (χ2n) is 4.48. The maximum atomic E-state index is 9.17. The highest BCUT2D eigenvalue weighted by molar-refractivity contribution is 4.82. The minimum atomic E-state index is -0.769. The van der Waals surface area contributed by atoms with Gasteiger partial charge in [-0.15, -0.1) is 0 Å². The maximum absolute atomic E-state index is 9.17. The fourth-order valence-electron chi connectivity index (χ4n) is 2.28. The first kappa shape index (κ1) is 12.3. The first-order valence-corrected chi connectivity index (χ1v) is 5.92. The molecule has 0 amide bonds. The van der Waals surface area contributed by atoms with E-state index in [-0.39, 0.29) is 25.1 Å². The van der Waals surface area contributed by atoms with Gasteiger partial charge in [0.15, 0.2) is 5.79 Å². The third-order valence-electron chi connectivity index (χ3n) is 3.24. The van der Waals surface area contributed by atoms with E-state index in [0.717, 1.165) is 25.7 Å². The Morgan fingerprint density at radius 2 is 1.88 bits per heavy atom. The highest BCUT2D eigenvalue weighted by Gasteiger charge is 2.40. The summed E-state index contributed by atoms with van der Waals surface area (Å²) in [5.41, 5.74) is 0. The van der Waals surface area contributed by atoms with Crippen LogP contribution in [-0.2, 0) is 14.2 Å². The second-order valence-corrected chi connectivity index (χ2v) is 4.48. The molecule has 0 radical (unpaired) electrons. The molecule has 0 bridgehead atoms. The lowest BCUT2D eigenvalue weighted by Crippen LogP contribution is -2.38. The Bertz CT molecular complexity index is 204. The molecule has 5 nitrogen and oxygen atoms in total. The Morgan fingerprint density at radius 1 is 1.25 bits per heavy atom. The first-order valence-electron chi connectivity index (χ1n) is 5.92. The standard InChI is InChI=1S/C11H20O5/c12-7-9(13)8-14-10-1-3-11(4-2-10)15-5-6-16-11/h9-10,12-13H,1-8H2. The summed E-state index contributed by atoms with van der Waals surface area (Å²) in [6.07, 6.45) is 2.87. The molecule has 1 heterocycles. The third kappa shape index (κ3) is 2.93. The molecule has 1 spiro atoms. The zero-order valence-electron chi connectivity index (χ0n) is 9.43.